The Bertz CT molecular complexity index is 602. The van der Waals surface area contributed by atoms with Gasteiger partial charge in [0.1, 0.15) is 6.10 Å². The summed E-state index contributed by atoms with van der Waals surface area (Å²) < 4.78 is 24.0. The third kappa shape index (κ3) is 2.92. The van der Waals surface area contributed by atoms with E-state index in [0.29, 0.717) is 25.7 Å². The van der Waals surface area contributed by atoms with E-state index >= 15 is 0 Å². The minimum Gasteiger partial charge on any atom is -0.399 e. The summed E-state index contributed by atoms with van der Waals surface area (Å²) in [6.45, 7) is 10.4. The maximum Gasteiger partial charge on any atom is 0.495 e. The van der Waals surface area contributed by atoms with Crippen molar-refractivity contribution >= 4 is 12.6 Å². The Hall–Kier alpha value is -0.875. The molecule has 0 spiro atoms. The quantitative estimate of drug-likeness (QED) is 0.799. The van der Waals surface area contributed by atoms with Crippen LogP contribution < -0.4 is 5.46 Å². The van der Waals surface area contributed by atoms with Crippen LogP contribution in [0.3, 0.4) is 0 Å². The van der Waals surface area contributed by atoms with E-state index in [1.807, 2.05) is 0 Å². The third-order valence-corrected chi connectivity index (χ3v) is 5.82. The summed E-state index contributed by atoms with van der Waals surface area (Å²) in [5.74, 6) is 0.628. The summed E-state index contributed by atoms with van der Waals surface area (Å²) in [4.78, 5) is 0. The molecule has 1 aromatic carbocycles. The zero-order valence-electron chi connectivity index (χ0n) is 15.1. The van der Waals surface area contributed by atoms with Crippen molar-refractivity contribution in [2.45, 2.75) is 63.8 Å². The molecule has 0 amide bonds. The Kier molecular flexibility index (Phi) is 4.03. The lowest BCUT2D eigenvalue weighted by Crippen LogP contribution is -2.41. The summed E-state index contributed by atoms with van der Waals surface area (Å²) in [6.07, 6.45) is 2.54. The molecule has 3 fully saturated rings. The van der Waals surface area contributed by atoms with E-state index in [1.165, 1.54) is 29.4 Å². The van der Waals surface area contributed by atoms with Gasteiger partial charge in [-0.2, -0.15) is 0 Å². The summed E-state index contributed by atoms with van der Waals surface area (Å²) >= 11 is 0. The molecule has 24 heavy (non-hydrogen) atoms. The van der Waals surface area contributed by atoms with Crippen molar-refractivity contribution in [1.29, 1.82) is 0 Å². The third-order valence-electron chi connectivity index (χ3n) is 5.82. The second-order valence-corrected chi connectivity index (χ2v) is 8.19. The van der Waals surface area contributed by atoms with E-state index in [1.54, 1.807) is 0 Å². The van der Waals surface area contributed by atoms with Crippen LogP contribution in [0, 0.1) is 0 Å². The Morgan fingerprint density at radius 3 is 2.29 bits per heavy atom. The standard InChI is InChI=1S/C19H27BO4/c1-18(2)19(3,4)24-20(23-18)16-8-7-14(11-15(16)13-5-6-13)17-12-21-9-10-22-17/h7-8,11,13,17H,5-6,9-10,12H2,1-4H3. The molecule has 2 heterocycles. The first-order valence-corrected chi connectivity index (χ1v) is 9.06. The second-order valence-electron chi connectivity index (χ2n) is 8.19. The van der Waals surface area contributed by atoms with Gasteiger partial charge in [-0.3, -0.25) is 0 Å². The zero-order valence-corrected chi connectivity index (χ0v) is 15.1. The molecule has 1 unspecified atom stereocenters. The molecule has 0 N–H and O–H groups in total. The van der Waals surface area contributed by atoms with Crippen molar-refractivity contribution in [3.05, 3.63) is 29.3 Å². The number of benzene rings is 1. The molecule has 2 saturated heterocycles. The van der Waals surface area contributed by atoms with Gasteiger partial charge in [0.05, 0.1) is 31.0 Å². The van der Waals surface area contributed by atoms with Crippen molar-refractivity contribution in [2.24, 2.45) is 0 Å². The SMILES string of the molecule is CC1(C)OB(c2ccc(C3COCCO3)cc2C2CC2)OC1(C)C. The van der Waals surface area contributed by atoms with Crippen molar-refractivity contribution in [3.63, 3.8) is 0 Å². The van der Waals surface area contributed by atoms with Crippen LogP contribution in [-0.4, -0.2) is 38.1 Å². The maximum atomic E-state index is 6.28. The molecule has 0 aromatic heterocycles. The van der Waals surface area contributed by atoms with Crippen LogP contribution in [0.4, 0.5) is 0 Å². The topological polar surface area (TPSA) is 36.9 Å². The highest BCUT2D eigenvalue weighted by Gasteiger charge is 2.52. The molecule has 4 nitrogen and oxygen atoms in total. The van der Waals surface area contributed by atoms with E-state index in [-0.39, 0.29) is 24.4 Å². The van der Waals surface area contributed by atoms with Crippen LogP contribution >= 0.6 is 0 Å². The first kappa shape index (κ1) is 16.6. The molecule has 0 bridgehead atoms. The zero-order chi connectivity index (χ0) is 16.9. The minimum atomic E-state index is -0.308. The van der Waals surface area contributed by atoms with Crippen molar-refractivity contribution in [1.82, 2.24) is 0 Å². The van der Waals surface area contributed by atoms with Gasteiger partial charge in [-0.15, -0.1) is 0 Å². The molecule has 0 radical (unpaired) electrons. The minimum absolute atomic E-state index is 0.0450. The molecule has 5 heteroatoms. The number of rotatable bonds is 3. The van der Waals surface area contributed by atoms with Gasteiger partial charge in [-0.1, -0.05) is 18.2 Å². The molecule has 1 atom stereocenters. The Morgan fingerprint density at radius 1 is 1.00 bits per heavy atom. The number of ether oxygens (including phenoxy) is 2. The summed E-state index contributed by atoms with van der Waals surface area (Å²) in [5.41, 5.74) is 3.13. The van der Waals surface area contributed by atoms with E-state index in [9.17, 15) is 0 Å². The molecule has 130 valence electrons. The van der Waals surface area contributed by atoms with Crippen LogP contribution in [0.1, 0.15) is 63.7 Å². The fourth-order valence-electron chi connectivity index (χ4n) is 3.41. The molecular weight excluding hydrogens is 303 g/mol. The molecule has 1 aromatic rings. The van der Waals surface area contributed by atoms with Crippen molar-refractivity contribution in [2.75, 3.05) is 19.8 Å². The lowest BCUT2D eigenvalue weighted by Gasteiger charge is -2.32. The Balaban J connectivity index is 1.64. The van der Waals surface area contributed by atoms with E-state index in [0.717, 1.165) is 0 Å². The van der Waals surface area contributed by atoms with E-state index < -0.39 is 0 Å². The normalized spacial score (nSPS) is 29.0. The largest absolute Gasteiger partial charge is 0.495 e. The Morgan fingerprint density at radius 2 is 1.71 bits per heavy atom. The second kappa shape index (κ2) is 5.84. The lowest BCUT2D eigenvalue weighted by molar-refractivity contribution is -0.0901. The molecular formula is C19H27BO4. The van der Waals surface area contributed by atoms with Gasteiger partial charge in [0.25, 0.3) is 0 Å². The fraction of sp³-hybridized carbons (Fsp3) is 0.684. The van der Waals surface area contributed by atoms with Gasteiger partial charge in [-0.25, -0.2) is 0 Å². The van der Waals surface area contributed by atoms with E-state index in [2.05, 4.69) is 45.9 Å². The predicted octanol–water partition coefficient (Wildman–Crippen LogP) is 2.95. The molecule has 3 aliphatic rings. The Labute approximate surface area is 145 Å². The van der Waals surface area contributed by atoms with E-state index in [4.69, 9.17) is 18.8 Å². The highest BCUT2D eigenvalue weighted by Crippen LogP contribution is 2.42. The van der Waals surface area contributed by atoms with Gasteiger partial charge < -0.3 is 18.8 Å². The van der Waals surface area contributed by atoms with Crippen LogP contribution in [0.25, 0.3) is 0 Å². The summed E-state index contributed by atoms with van der Waals surface area (Å²) in [6, 6.07) is 6.60. The number of hydrogen-bond donors (Lipinski definition) is 0. The summed E-state index contributed by atoms with van der Waals surface area (Å²) in [7, 11) is -0.289. The fourth-order valence-corrected chi connectivity index (χ4v) is 3.41. The number of hydrogen-bond acceptors (Lipinski definition) is 4. The van der Waals surface area contributed by atoms with Crippen molar-refractivity contribution in [3.8, 4) is 0 Å². The van der Waals surface area contributed by atoms with Gasteiger partial charge >= 0.3 is 7.12 Å². The average molecular weight is 330 g/mol. The van der Waals surface area contributed by atoms with Crippen LogP contribution in [0.5, 0.6) is 0 Å². The molecule has 1 saturated carbocycles. The summed E-state index contributed by atoms with van der Waals surface area (Å²) in [5, 5.41) is 0. The first-order valence-electron chi connectivity index (χ1n) is 9.06. The molecule has 2 aliphatic heterocycles. The van der Waals surface area contributed by atoms with Gasteiger partial charge in [0, 0.05) is 0 Å². The maximum absolute atomic E-state index is 6.28. The highest BCUT2D eigenvalue weighted by atomic mass is 16.7. The highest BCUT2D eigenvalue weighted by molar-refractivity contribution is 6.62. The van der Waals surface area contributed by atoms with Crippen LogP contribution in [0.2, 0.25) is 0 Å². The first-order chi connectivity index (χ1) is 11.4. The molecule has 4 rings (SSSR count). The van der Waals surface area contributed by atoms with Crippen LogP contribution in [0.15, 0.2) is 18.2 Å². The molecule has 1 aliphatic carbocycles. The van der Waals surface area contributed by atoms with Gasteiger partial charge in [-0.05, 0) is 63.0 Å². The van der Waals surface area contributed by atoms with Crippen LogP contribution in [-0.2, 0) is 18.8 Å². The smallest absolute Gasteiger partial charge is 0.399 e. The lowest BCUT2D eigenvalue weighted by atomic mass is 9.74. The van der Waals surface area contributed by atoms with Gasteiger partial charge in [0.15, 0.2) is 0 Å². The van der Waals surface area contributed by atoms with Crippen molar-refractivity contribution < 1.29 is 18.8 Å². The average Bonchev–Trinajstić information content (AvgIpc) is 3.35. The monoisotopic (exact) mass is 330 g/mol. The predicted molar refractivity (Wildman–Crippen MR) is 93.6 cm³/mol. The van der Waals surface area contributed by atoms with Gasteiger partial charge in [0.2, 0.25) is 0 Å².